The molecule has 1 aromatic carbocycles. The first-order valence-corrected chi connectivity index (χ1v) is 11.3. The molecule has 1 rings (SSSR count). The molecule has 5 nitrogen and oxygen atoms in total. The molecular formula is C16H24Cl2N2O3S2. The fourth-order valence-corrected chi connectivity index (χ4v) is 4.64. The summed E-state index contributed by atoms with van der Waals surface area (Å²) in [4.78, 5) is 12.4. The number of hydrogen-bond donors (Lipinski definition) is 1. The number of amides is 1. The standard InChI is InChI=1S/C16H24Cl2N2O3S2/c1-11(15(21)19-6-7-24-16(2,3)4)20(25(5,22)23)14-9-12(17)8-13(18)10-14/h8-11H,6-7H2,1-5H3,(H,19,21)/t11-/m1/s1. The quantitative estimate of drug-likeness (QED) is 0.673. The summed E-state index contributed by atoms with van der Waals surface area (Å²) in [5.74, 6) is 0.361. The number of carbonyl (C=O) groups is 1. The first kappa shape index (κ1) is 22.4. The van der Waals surface area contributed by atoms with E-state index in [1.807, 2.05) is 0 Å². The van der Waals surface area contributed by atoms with E-state index in [4.69, 9.17) is 23.2 Å². The van der Waals surface area contributed by atoms with E-state index in [0.29, 0.717) is 16.6 Å². The number of hydrogen-bond acceptors (Lipinski definition) is 4. The van der Waals surface area contributed by atoms with Gasteiger partial charge in [-0.1, -0.05) is 44.0 Å². The Kier molecular flexibility index (Phi) is 7.93. The second-order valence-corrected chi connectivity index (χ2v) is 11.3. The van der Waals surface area contributed by atoms with Crippen LogP contribution in [0.2, 0.25) is 10.0 Å². The maximum Gasteiger partial charge on any atom is 0.243 e. The van der Waals surface area contributed by atoms with Crippen LogP contribution in [-0.4, -0.2) is 43.7 Å². The molecule has 0 spiro atoms. The molecule has 0 fully saturated rings. The zero-order valence-corrected chi connectivity index (χ0v) is 18.1. The number of carbonyl (C=O) groups excluding carboxylic acids is 1. The third kappa shape index (κ3) is 7.64. The molecule has 0 aliphatic carbocycles. The molecule has 0 saturated carbocycles. The third-order valence-corrected chi connectivity index (χ3v) is 6.08. The fraction of sp³-hybridized carbons (Fsp3) is 0.562. The molecule has 0 aliphatic rings. The smallest absolute Gasteiger partial charge is 0.243 e. The van der Waals surface area contributed by atoms with Gasteiger partial charge in [-0.3, -0.25) is 9.10 Å². The highest BCUT2D eigenvalue weighted by atomic mass is 35.5. The molecule has 1 N–H and O–H groups in total. The number of nitrogens with one attached hydrogen (secondary N) is 1. The molecular weight excluding hydrogens is 403 g/mol. The minimum atomic E-state index is -3.70. The van der Waals surface area contributed by atoms with Crippen molar-refractivity contribution in [2.24, 2.45) is 0 Å². The van der Waals surface area contributed by atoms with E-state index >= 15 is 0 Å². The summed E-state index contributed by atoms with van der Waals surface area (Å²) >= 11 is 13.6. The van der Waals surface area contributed by atoms with Crippen molar-refractivity contribution < 1.29 is 13.2 Å². The summed E-state index contributed by atoms with van der Waals surface area (Å²) in [6, 6.07) is 3.51. The molecule has 0 aliphatic heterocycles. The van der Waals surface area contributed by atoms with Gasteiger partial charge in [0.1, 0.15) is 6.04 Å². The monoisotopic (exact) mass is 426 g/mol. The van der Waals surface area contributed by atoms with Crippen molar-refractivity contribution in [1.82, 2.24) is 5.32 Å². The van der Waals surface area contributed by atoms with E-state index in [-0.39, 0.29) is 16.3 Å². The Bertz CT molecular complexity index is 698. The molecule has 0 unspecified atom stereocenters. The van der Waals surface area contributed by atoms with Crippen molar-refractivity contribution in [2.45, 2.75) is 38.5 Å². The number of anilines is 1. The maximum absolute atomic E-state index is 12.4. The van der Waals surface area contributed by atoms with E-state index in [0.717, 1.165) is 16.3 Å². The number of rotatable bonds is 7. The summed E-state index contributed by atoms with van der Waals surface area (Å²) in [6.45, 7) is 8.27. The molecule has 0 saturated heterocycles. The number of halogens is 2. The van der Waals surface area contributed by atoms with Crippen LogP contribution in [0.25, 0.3) is 0 Å². The SMILES string of the molecule is C[C@H](C(=O)NCCSC(C)(C)C)N(c1cc(Cl)cc(Cl)c1)S(C)(=O)=O. The second kappa shape index (κ2) is 8.84. The summed E-state index contributed by atoms with van der Waals surface area (Å²) in [5.41, 5.74) is 0.256. The molecule has 0 heterocycles. The van der Waals surface area contributed by atoms with Gasteiger partial charge in [0, 0.05) is 27.1 Å². The van der Waals surface area contributed by atoms with E-state index in [1.54, 1.807) is 11.8 Å². The number of sulfonamides is 1. The van der Waals surface area contributed by atoms with Gasteiger partial charge in [-0.25, -0.2) is 8.42 Å². The lowest BCUT2D eigenvalue weighted by Gasteiger charge is -2.28. The van der Waals surface area contributed by atoms with Crippen molar-refractivity contribution in [1.29, 1.82) is 0 Å². The number of benzene rings is 1. The lowest BCUT2D eigenvalue weighted by Crippen LogP contribution is -2.48. The highest BCUT2D eigenvalue weighted by molar-refractivity contribution is 8.00. The molecule has 1 atom stereocenters. The van der Waals surface area contributed by atoms with Crippen LogP contribution in [0.3, 0.4) is 0 Å². The average molecular weight is 427 g/mol. The lowest BCUT2D eigenvalue weighted by molar-refractivity contribution is -0.121. The highest BCUT2D eigenvalue weighted by Crippen LogP contribution is 2.28. The maximum atomic E-state index is 12.4. The Morgan fingerprint density at radius 1 is 1.24 bits per heavy atom. The summed E-state index contributed by atoms with van der Waals surface area (Å²) < 4.78 is 25.6. The first-order chi connectivity index (χ1) is 11.3. The minimum absolute atomic E-state index is 0.104. The molecule has 25 heavy (non-hydrogen) atoms. The van der Waals surface area contributed by atoms with Crippen LogP contribution in [0.5, 0.6) is 0 Å². The van der Waals surface area contributed by atoms with Crippen LogP contribution in [0, 0.1) is 0 Å². The van der Waals surface area contributed by atoms with Gasteiger partial charge < -0.3 is 5.32 Å². The van der Waals surface area contributed by atoms with Crippen LogP contribution < -0.4 is 9.62 Å². The number of nitrogens with zero attached hydrogens (tertiary/aromatic N) is 1. The predicted octanol–water partition coefficient (Wildman–Crippen LogP) is 3.80. The van der Waals surface area contributed by atoms with Crippen molar-refractivity contribution in [3.63, 3.8) is 0 Å². The van der Waals surface area contributed by atoms with Gasteiger partial charge in [-0.15, -0.1) is 0 Å². The van der Waals surface area contributed by atoms with Crippen molar-refractivity contribution in [3.05, 3.63) is 28.2 Å². The van der Waals surface area contributed by atoms with Crippen LogP contribution >= 0.6 is 35.0 Å². The van der Waals surface area contributed by atoms with Gasteiger partial charge in [0.2, 0.25) is 15.9 Å². The molecule has 1 aromatic rings. The van der Waals surface area contributed by atoms with Crippen molar-refractivity contribution in [3.8, 4) is 0 Å². The fourth-order valence-electron chi connectivity index (χ4n) is 2.15. The van der Waals surface area contributed by atoms with Crippen molar-refractivity contribution >= 4 is 56.6 Å². The van der Waals surface area contributed by atoms with Crippen LogP contribution in [0.15, 0.2) is 18.2 Å². The summed E-state index contributed by atoms with van der Waals surface area (Å²) in [5, 5.41) is 3.37. The topological polar surface area (TPSA) is 66.5 Å². The Hall–Kier alpha value is -0.630. The zero-order valence-electron chi connectivity index (χ0n) is 15.0. The highest BCUT2D eigenvalue weighted by Gasteiger charge is 2.29. The molecule has 0 bridgehead atoms. The number of thioether (sulfide) groups is 1. The molecule has 142 valence electrons. The minimum Gasteiger partial charge on any atom is -0.353 e. The lowest BCUT2D eigenvalue weighted by atomic mass is 10.2. The Morgan fingerprint density at radius 3 is 2.20 bits per heavy atom. The zero-order chi connectivity index (χ0) is 19.4. The van der Waals surface area contributed by atoms with Crippen LogP contribution in [0.1, 0.15) is 27.7 Å². The summed E-state index contributed by atoms with van der Waals surface area (Å²) in [7, 11) is -3.70. The summed E-state index contributed by atoms with van der Waals surface area (Å²) in [6.07, 6.45) is 1.04. The normalized spacial score (nSPS) is 13.4. The third-order valence-electron chi connectivity index (χ3n) is 3.13. The van der Waals surface area contributed by atoms with Gasteiger partial charge in [-0.05, 0) is 25.1 Å². The van der Waals surface area contributed by atoms with Crippen molar-refractivity contribution in [2.75, 3.05) is 22.9 Å². The first-order valence-electron chi connectivity index (χ1n) is 7.68. The molecule has 0 radical (unpaired) electrons. The van der Waals surface area contributed by atoms with E-state index < -0.39 is 16.1 Å². The molecule has 9 heteroatoms. The average Bonchev–Trinajstić information content (AvgIpc) is 2.39. The van der Waals surface area contributed by atoms with Gasteiger partial charge in [0.05, 0.1) is 11.9 Å². The Morgan fingerprint density at radius 2 is 1.76 bits per heavy atom. The van der Waals surface area contributed by atoms with Crippen LogP contribution in [-0.2, 0) is 14.8 Å². The largest absolute Gasteiger partial charge is 0.353 e. The second-order valence-electron chi connectivity index (χ2n) is 6.61. The van der Waals surface area contributed by atoms with E-state index in [9.17, 15) is 13.2 Å². The Balaban J connectivity index is 2.91. The molecule has 0 aromatic heterocycles. The van der Waals surface area contributed by atoms with Crippen LogP contribution in [0.4, 0.5) is 5.69 Å². The van der Waals surface area contributed by atoms with Gasteiger partial charge in [0.15, 0.2) is 0 Å². The predicted molar refractivity (Wildman–Crippen MR) is 108 cm³/mol. The van der Waals surface area contributed by atoms with E-state index in [2.05, 4.69) is 26.1 Å². The van der Waals surface area contributed by atoms with Gasteiger partial charge >= 0.3 is 0 Å². The van der Waals surface area contributed by atoms with Gasteiger partial charge in [0.25, 0.3) is 0 Å². The Labute approximate surface area is 164 Å². The molecule has 1 amide bonds. The van der Waals surface area contributed by atoms with Gasteiger partial charge in [-0.2, -0.15) is 11.8 Å². The van der Waals surface area contributed by atoms with E-state index in [1.165, 1.54) is 25.1 Å².